The van der Waals surface area contributed by atoms with Crippen molar-refractivity contribution in [3.05, 3.63) is 29.6 Å². The van der Waals surface area contributed by atoms with Crippen LogP contribution in [0.25, 0.3) is 11.0 Å². The van der Waals surface area contributed by atoms with Gasteiger partial charge in [-0.1, -0.05) is 13.8 Å². The number of alkyl halides is 1. The van der Waals surface area contributed by atoms with E-state index >= 15 is 0 Å². The third kappa shape index (κ3) is 3.32. The van der Waals surface area contributed by atoms with Gasteiger partial charge in [0.2, 0.25) is 0 Å². The number of aryl methyl sites for hydroxylation is 2. The maximum absolute atomic E-state index is 9.05. The average Bonchev–Trinajstić information content (AvgIpc) is 2.76. The lowest BCUT2D eigenvalue weighted by Crippen LogP contribution is -2.06. The van der Waals surface area contributed by atoms with Crippen LogP contribution in [0.5, 0.6) is 0 Å². The molecule has 0 radical (unpaired) electrons. The first kappa shape index (κ1) is 14.9. The van der Waals surface area contributed by atoms with Gasteiger partial charge < -0.3 is 4.57 Å². The highest BCUT2D eigenvalue weighted by Crippen LogP contribution is 2.20. The molecule has 0 atom stereocenters. The van der Waals surface area contributed by atoms with Crippen LogP contribution < -0.4 is 0 Å². The second-order valence-corrected chi connectivity index (χ2v) is 5.85. The molecule has 1 aromatic heterocycles. The smallest absolute Gasteiger partial charge is 0.111 e. The topological polar surface area (TPSA) is 41.6 Å². The van der Waals surface area contributed by atoms with E-state index in [1.807, 2.05) is 18.2 Å². The van der Waals surface area contributed by atoms with Crippen LogP contribution in [-0.2, 0) is 13.0 Å². The third-order valence-electron chi connectivity index (χ3n) is 3.44. The van der Waals surface area contributed by atoms with Gasteiger partial charge in [-0.05, 0) is 37.0 Å². The minimum absolute atomic E-state index is 0.568. The summed E-state index contributed by atoms with van der Waals surface area (Å²) >= 11 is 5.87. The molecule has 0 amide bonds. The Balaban J connectivity index is 2.35. The summed E-state index contributed by atoms with van der Waals surface area (Å²) in [6.07, 6.45) is 3.08. The van der Waals surface area contributed by atoms with E-state index in [2.05, 4.69) is 29.5 Å². The highest BCUT2D eigenvalue weighted by molar-refractivity contribution is 6.17. The van der Waals surface area contributed by atoms with Crippen LogP contribution in [0.1, 0.15) is 38.1 Å². The highest BCUT2D eigenvalue weighted by atomic mass is 35.5. The van der Waals surface area contributed by atoms with E-state index in [4.69, 9.17) is 16.9 Å². The van der Waals surface area contributed by atoms with Crippen molar-refractivity contribution in [3.8, 4) is 6.07 Å². The average molecular weight is 290 g/mol. The SMILES string of the molecule is CC(C)CCCn1c(CCCl)nc2ccc(C#N)cc21. The van der Waals surface area contributed by atoms with Crippen molar-refractivity contribution >= 4 is 22.6 Å². The fraction of sp³-hybridized carbons (Fsp3) is 0.500. The molecule has 0 N–H and O–H groups in total. The standard InChI is InChI=1S/C16H20ClN3/c1-12(2)4-3-9-20-15-10-13(11-18)5-6-14(15)19-16(20)7-8-17/h5-6,10,12H,3-4,7-9H2,1-2H3. The molecule has 0 saturated carbocycles. The lowest BCUT2D eigenvalue weighted by atomic mass is 10.1. The van der Waals surface area contributed by atoms with Gasteiger partial charge in [-0.25, -0.2) is 4.98 Å². The summed E-state index contributed by atoms with van der Waals surface area (Å²) in [6.45, 7) is 5.41. The highest BCUT2D eigenvalue weighted by Gasteiger charge is 2.11. The van der Waals surface area contributed by atoms with E-state index < -0.39 is 0 Å². The maximum Gasteiger partial charge on any atom is 0.111 e. The van der Waals surface area contributed by atoms with Crippen molar-refractivity contribution in [2.75, 3.05) is 5.88 Å². The first-order chi connectivity index (χ1) is 9.65. The fourth-order valence-electron chi connectivity index (χ4n) is 2.42. The van der Waals surface area contributed by atoms with Crippen LogP contribution in [0.4, 0.5) is 0 Å². The van der Waals surface area contributed by atoms with Gasteiger partial charge in [0.25, 0.3) is 0 Å². The third-order valence-corrected chi connectivity index (χ3v) is 3.63. The number of fused-ring (bicyclic) bond motifs is 1. The Labute approximate surface area is 125 Å². The van der Waals surface area contributed by atoms with Gasteiger partial charge in [-0.2, -0.15) is 5.26 Å². The largest absolute Gasteiger partial charge is 0.328 e. The van der Waals surface area contributed by atoms with Gasteiger partial charge in [0.05, 0.1) is 22.7 Å². The zero-order valence-corrected chi connectivity index (χ0v) is 12.8. The van der Waals surface area contributed by atoms with Crippen LogP contribution in [-0.4, -0.2) is 15.4 Å². The predicted octanol–water partition coefficient (Wildman–Crippen LogP) is 4.13. The Bertz CT molecular complexity index is 622. The molecule has 4 heteroatoms. The quantitative estimate of drug-likeness (QED) is 0.751. The van der Waals surface area contributed by atoms with Crippen molar-refractivity contribution in [2.45, 2.75) is 39.7 Å². The zero-order chi connectivity index (χ0) is 14.5. The molecule has 0 aliphatic carbocycles. The maximum atomic E-state index is 9.05. The molecule has 3 nitrogen and oxygen atoms in total. The summed E-state index contributed by atoms with van der Waals surface area (Å²) in [5, 5.41) is 9.05. The molecule has 0 unspecified atom stereocenters. The van der Waals surface area contributed by atoms with Crippen molar-refractivity contribution in [3.63, 3.8) is 0 Å². The molecule has 0 fully saturated rings. The summed E-state index contributed by atoms with van der Waals surface area (Å²) in [6, 6.07) is 7.86. The molecular formula is C16H20ClN3. The lowest BCUT2D eigenvalue weighted by Gasteiger charge is -2.10. The van der Waals surface area contributed by atoms with Gasteiger partial charge in [-0.3, -0.25) is 0 Å². The number of halogens is 1. The number of nitrogens with zero attached hydrogens (tertiary/aromatic N) is 3. The molecule has 1 heterocycles. The molecule has 1 aromatic carbocycles. The number of aromatic nitrogens is 2. The normalized spacial score (nSPS) is 11.2. The molecule has 0 saturated heterocycles. The van der Waals surface area contributed by atoms with Crippen LogP contribution in [0.3, 0.4) is 0 Å². The van der Waals surface area contributed by atoms with Gasteiger partial charge in [0.15, 0.2) is 0 Å². The summed E-state index contributed by atoms with van der Waals surface area (Å²) in [5.41, 5.74) is 2.68. The monoisotopic (exact) mass is 289 g/mol. The summed E-state index contributed by atoms with van der Waals surface area (Å²) in [5.74, 6) is 2.29. The molecule has 0 bridgehead atoms. The second kappa shape index (κ2) is 6.76. The number of hydrogen-bond acceptors (Lipinski definition) is 2. The van der Waals surface area contributed by atoms with Crippen molar-refractivity contribution in [2.24, 2.45) is 5.92 Å². The Morgan fingerprint density at radius 3 is 2.85 bits per heavy atom. The molecule has 20 heavy (non-hydrogen) atoms. The van der Waals surface area contributed by atoms with E-state index in [1.54, 1.807) is 0 Å². The van der Waals surface area contributed by atoms with Crippen molar-refractivity contribution in [1.29, 1.82) is 5.26 Å². The van der Waals surface area contributed by atoms with Crippen LogP contribution >= 0.6 is 11.6 Å². The minimum atomic E-state index is 0.568. The van der Waals surface area contributed by atoms with E-state index in [0.29, 0.717) is 17.4 Å². The Hall–Kier alpha value is -1.53. The fourth-order valence-corrected chi connectivity index (χ4v) is 2.59. The van der Waals surface area contributed by atoms with Gasteiger partial charge in [0, 0.05) is 18.8 Å². The van der Waals surface area contributed by atoms with Gasteiger partial charge in [-0.15, -0.1) is 11.6 Å². The van der Waals surface area contributed by atoms with Gasteiger partial charge in [0.1, 0.15) is 5.82 Å². The molecule has 0 aliphatic heterocycles. The molecule has 2 rings (SSSR count). The first-order valence-electron chi connectivity index (χ1n) is 7.11. The number of rotatable bonds is 6. The Morgan fingerprint density at radius 1 is 1.40 bits per heavy atom. The minimum Gasteiger partial charge on any atom is -0.328 e. The number of hydrogen-bond donors (Lipinski definition) is 0. The summed E-state index contributed by atoms with van der Waals surface area (Å²) in [7, 11) is 0. The first-order valence-corrected chi connectivity index (χ1v) is 7.64. The second-order valence-electron chi connectivity index (χ2n) is 5.47. The van der Waals surface area contributed by atoms with Gasteiger partial charge >= 0.3 is 0 Å². The van der Waals surface area contributed by atoms with E-state index in [-0.39, 0.29) is 0 Å². The van der Waals surface area contributed by atoms with Crippen LogP contribution in [0.15, 0.2) is 18.2 Å². The van der Waals surface area contributed by atoms with E-state index in [1.165, 1.54) is 6.42 Å². The predicted molar refractivity (Wildman–Crippen MR) is 82.9 cm³/mol. The number of benzene rings is 1. The van der Waals surface area contributed by atoms with Crippen molar-refractivity contribution in [1.82, 2.24) is 9.55 Å². The van der Waals surface area contributed by atoms with Crippen LogP contribution in [0, 0.1) is 17.2 Å². The van der Waals surface area contributed by atoms with E-state index in [0.717, 1.165) is 36.2 Å². The van der Waals surface area contributed by atoms with E-state index in [9.17, 15) is 0 Å². The molecule has 0 spiro atoms. The Kier molecular flexibility index (Phi) is 5.03. The van der Waals surface area contributed by atoms with Crippen molar-refractivity contribution < 1.29 is 0 Å². The Morgan fingerprint density at radius 2 is 2.20 bits per heavy atom. The molecule has 2 aromatic rings. The number of nitriles is 1. The molecular weight excluding hydrogens is 270 g/mol. The summed E-state index contributed by atoms with van der Waals surface area (Å²) in [4.78, 5) is 4.64. The lowest BCUT2D eigenvalue weighted by molar-refractivity contribution is 0.510. The summed E-state index contributed by atoms with van der Waals surface area (Å²) < 4.78 is 2.22. The zero-order valence-electron chi connectivity index (χ0n) is 12.1. The number of imidazole rings is 1. The molecule has 106 valence electrons. The van der Waals surface area contributed by atoms with Crippen LogP contribution in [0.2, 0.25) is 0 Å². The molecule has 0 aliphatic rings.